The summed E-state index contributed by atoms with van der Waals surface area (Å²) in [6.45, 7) is 4.16. The Morgan fingerprint density at radius 3 is 1.64 bits per heavy atom. The number of benzene rings is 2. The van der Waals surface area contributed by atoms with Crippen molar-refractivity contribution in [1.29, 1.82) is 0 Å². The normalized spacial score (nSPS) is 11.5. The van der Waals surface area contributed by atoms with E-state index in [-0.39, 0.29) is 0 Å². The minimum atomic E-state index is 0.891. The lowest BCUT2D eigenvalue weighted by atomic mass is 10.2. The second-order valence-corrected chi connectivity index (χ2v) is 7.40. The Balaban J connectivity index is 1.56. The SMILES string of the molecule is Cc1ccc2nc(SSc3nc4ccc(C)cc4[nH]3)[nH]c2c1. The first kappa shape index (κ1) is 13.7. The summed E-state index contributed by atoms with van der Waals surface area (Å²) in [7, 11) is 3.16. The minimum Gasteiger partial charge on any atom is -0.332 e. The quantitative estimate of drug-likeness (QED) is 0.528. The van der Waals surface area contributed by atoms with E-state index in [0.717, 1.165) is 32.4 Å². The van der Waals surface area contributed by atoms with E-state index in [2.05, 4.69) is 58.0 Å². The number of hydrogen-bond donors (Lipinski definition) is 2. The van der Waals surface area contributed by atoms with Gasteiger partial charge in [-0.2, -0.15) is 0 Å². The van der Waals surface area contributed by atoms with Gasteiger partial charge in [0.2, 0.25) is 0 Å². The molecule has 0 amide bonds. The zero-order valence-electron chi connectivity index (χ0n) is 12.2. The second-order valence-electron chi connectivity index (χ2n) is 5.29. The van der Waals surface area contributed by atoms with Gasteiger partial charge < -0.3 is 9.97 Å². The van der Waals surface area contributed by atoms with Crippen molar-refractivity contribution in [3.05, 3.63) is 47.5 Å². The van der Waals surface area contributed by atoms with Crippen LogP contribution < -0.4 is 0 Å². The van der Waals surface area contributed by atoms with Gasteiger partial charge in [0.1, 0.15) is 0 Å². The summed E-state index contributed by atoms with van der Waals surface area (Å²) in [5.41, 5.74) is 6.59. The Hall–Kier alpha value is -1.92. The van der Waals surface area contributed by atoms with E-state index in [0.29, 0.717) is 0 Å². The van der Waals surface area contributed by atoms with Crippen molar-refractivity contribution in [2.75, 3.05) is 0 Å². The van der Waals surface area contributed by atoms with Crippen LogP contribution in [-0.2, 0) is 0 Å². The molecule has 4 aromatic rings. The first-order valence-electron chi connectivity index (χ1n) is 6.95. The molecule has 0 radical (unpaired) electrons. The Kier molecular flexibility index (Phi) is 3.35. The first-order valence-corrected chi connectivity index (χ1v) is 9.10. The lowest BCUT2D eigenvalue weighted by molar-refractivity contribution is 1.08. The molecule has 22 heavy (non-hydrogen) atoms. The number of nitrogens with zero attached hydrogens (tertiary/aromatic N) is 2. The summed E-state index contributed by atoms with van der Waals surface area (Å²) >= 11 is 0. The fourth-order valence-corrected chi connectivity index (χ4v) is 4.04. The number of H-pyrrole nitrogens is 2. The van der Waals surface area contributed by atoms with E-state index in [1.54, 1.807) is 21.6 Å². The van der Waals surface area contributed by atoms with E-state index in [1.165, 1.54) is 11.1 Å². The van der Waals surface area contributed by atoms with Gasteiger partial charge in [0.25, 0.3) is 0 Å². The number of nitrogens with one attached hydrogen (secondary N) is 2. The highest BCUT2D eigenvalue weighted by Crippen LogP contribution is 2.35. The predicted octanol–water partition coefficient (Wildman–Crippen LogP) is 4.86. The predicted molar refractivity (Wildman–Crippen MR) is 93.4 cm³/mol. The highest BCUT2D eigenvalue weighted by Gasteiger charge is 2.08. The molecule has 0 bridgehead atoms. The molecule has 0 spiro atoms. The van der Waals surface area contributed by atoms with Crippen LogP contribution in [0.5, 0.6) is 0 Å². The lowest BCUT2D eigenvalue weighted by Gasteiger charge is -1.92. The average molecular weight is 326 g/mol. The summed E-state index contributed by atoms with van der Waals surface area (Å²) in [6.07, 6.45) is 0. The van der Waals surface area contributed by atoms with E-state index in [4.69, 9.17) is 0 Å². The molecule has 0 fully saturated rings. The maximum absolute atomic E-state index is 4.58. The van der Waals surface area contributed by atoms with Crippen LogP contribution in [-0.4, -0.2) is 19.9 Å². The molecule has 0 aliphatic carbocycles. The molecule has 0 saturated heterocycles. The Bertz CT molecular complexity index is 891. The van der Waals surface area contributed by atoms with Gasteiger partial charge in [-0.05, 0) is 70.8 Å². The maximum Gasteiger partial charge on any atom is 0.177 e. The van der Waals surface area contributed by atoms with Crippen LogP contribution in [0.25, 0.3) is 22.1 Å². The van der Waals surface area contributed by atoms with Crippen molar-refractivity contribution in [3.63, 3.8) is 0 Å². The summed E-state index contributed by atoms with van der Waals surface area (Å²) in [5, 5.41) is 1.78. The summed E-state index contributed by atoms with van der Waals surface area (Å²) in [6, 6.07) is 12.5. The number of imidazole rings is 2. The zero-order valence-corrected chi connectivity index (χ0v) is 13.8. The standard InChI is InChI=1S/C16H14N4S2/c1-9-3-5-11-13(7-9)19-15(17-11)21-22-16-18-12-6-4-10(2)8-14(12)20-16/h3-8H,1-2H3,(H,17,19)(H,18,20). The Morgan fingerprint density at radius 1 is 0.727 bits per heavy atom. The van der Waals surface area contributed by atoms with Crippen molar-refractivity contribution in [3.8, 4) is 0 Å². The molecule has 2 heterocycles. The fourth-order valence-electron chi connectivity index (χ4n) is 2.36. The van der Waals surface area contributed by atoms with Crippen molar-refractivity contribution in [2.24, 2.45) is 0 Å². The lowest BCUT2D eigenvalue weighted by Crippen LogP contribution is -1.73. The van der Waals surface area contributed by atoms with Crippen LogP contribution in [0.4, 0.5) is 0 Å². The fraction of sp³-hybridized carbons (Fsp3) is 0.125. The molecule has 0 aliphatic rings. The highest BCUT2D eigenvalue weighted by atomic mass is 33.1. The van der Waals surface area contributed by atoms with Gasteiger partial charge in [-0.15, -0.1) is 0 Å². The third kappa shape index (κ3) is 2.60. The van der Waals surface area contributed by atoms with Crippen molar-refractivity contribution < 1.29 is 0 Å². The highest BCUT2D eigenvalue weighted by molar-refractivity contribution is 8.76. The van der Waals surface area contributed by atoms with E-state index in [1.807, 2.05) is 12.1 Å². The largest absolute Gasteiger partial charge is 0.332 e. The Labute approximate surface area is 135 Å². The van der Waals surface area contributed by atoms with Crippen molar-refractivity contribution >= 4 is 43.7 Å². The zero-order chi connectivity index (χ0) is 15.1. The van der Waals surface area contributed by atoms with Gasteiger partial charge in [-0.1, -0.05) is 12.1 Å². The minimum absolute atomic E-state index is 0.891. The molecule has 2 aromatic carbocycles. The molecule has 4 nitrogen and oxygen atoms in total. The third-order valence-electron chi connectivity index (χ3n) is 3.43. The topological polar surface area (TPSA) is 57.4 Å². The van der Waals surface area contributed by atoms with Crippen molar-refractivity contribution in [2.45, 2.75) is 24.2 Å². The average Bonchev–Trinajstić information content (AvgIpc) is 3.07. The molecule has 0 aliphatic heterocycles. The van der Waals surface area contributed by atoms with Crippen LogP contribution in [0.2, 0.25) is 0 Å². The van der Waals surface area contributed by atoms with Gasteiger partial charge in [0.15, 0.2) is 10.3 Å². The van der Waals surface area contributed by atoms with Crippen molar-refractivity contribution in [1.82, 2.24) is 19.9 Å². The summed E-state index contributed by atoms with van der Waals surface area (Å²) < 4.78 is 0. The van der Waals surface area contributed by atoms with Gasteiger partial charge in [0.05, 0.1) is 22.1 Å². The molecular formula is C16H14N4S2. The number of fused-ring (bicyclic) bond motifs is 2. The number of aromatic amines is 2. The smallest absolute Gasteiger partial charge is 0.177 e. The summed E-state index contributed by atoms with van der Waals surface area (Å²) in [4.78, 5) is 15.8. The molecule has 2 N–H and O–H groups in total. The molecule has 2 aromatic heterocycles. The first-order chi connectivity index (χ1) is 10.7. The number of rotatable bonds is 3. The third-order valence-corrected chi connectivity index (χ3v) is 5.41. The van der Waals surface area contributed by atoms with Gasteiger partial charge in [0, 0.05) is 0 Å². The monoisotopic (exact) mass is 326 g/mol. The number of aryl methyl sites for hydroxylation is 2. The molecule has 4 rings (SSSR count). The van der Waals surface area contributed by atoms with Crippen LogP contribution in [0.3, 0.4) is 0 Å². The Morgan fingerprint density at radius 2 is 1.18 bits per heavy atom. The van der Waals surface area contributed by atoms with Gasteiger partial charge >= 0.3 is 0 Å². The van der Waals surface area contributed by atoms with E-state index in [9.17, 15) is 0 Å². The number of hydrogen-bond acceptors (Lipinski definition) is 4. The maximum atomic E-state index is 4.58. The summed E-state index contributed by atoms with van der Waals surface area (Å²) in [5.74, 6) is 0. The molecule has 110 valence electrons. The van der Waals surface area contributed by atoms with Crippen LogP contribution in [0.15, 0.2) is 46.7 Å². The molecule has 6 heteroatoms. The number of aromatic nitrogens is 4. The van der Waals surface area contributed by atoms with Gasteiger partial charge in [-0.3, -0.25) is 0 Å². The van der Waals surface area contributed by atoms with E-state index >= 15 is 0 Å². The van der Waals surface area contributed by atoms with Crippen LogP contribution >= 0.6 is 21.6 Å². The molecule has 0 atom stereocenters. The second kappa shape index (κ2) is 5.37. The van der Waals surface area contributed by atoms with Crippen LogP contribution in [0, 0.1) is 13.8 Å². The molecular weight excluding hydrogens is 312 g/mol. The molecule has 0 unspecified atom stereocenters. The molecule has 0 saturated carbocycles. The van der Waals surface area contributed by atoms with Crippen LogP contribution in [0.1, 0.15) is 11.1 Å². The van der Waals surface area contributed by atoms with Gasteiger partial charge in [-0.25, -0.2) is 9.97 Å². The van der Waals surface area contributed by atoms with E-state index < -0.39 is 0 Å².